The number of hydrogen-bond donors (Lipinski definition) is 0. The van der Waals surface area contributed by atoms with E-state index >= 15 is 0 Å². The van der Waals surface area contributed by atoms with Gasteiger partial charge in [0.15, 0.2) is 0 Å². The fraction of sp³-hybridized carbons (Fsp3) is 0.455. The number of benzene rings is 1. The number of aromatic nitrogens is 1. The predicted molar refractivity (Wildman–Crippen MR) is 103 cm³/mol. The number of rotatable bonds is 4. The first-order valence-electron chi connectivity index (χ1n) is 9.88. The van der Waals surface area contributed by atoms with Gasteiger partial charge in [0.25, 0.3) is 5.91 Å². The van der Waals surface area contributed by atoms with Crippen molar-refractivity contribution in [2.45, 2.75) is 30.5 Å². The first-order valence-corrected chi connectivity index (χ1v) is 9.88. The molecule has 0 spiro atoms. The minimum absolute atomic E-state index is 0.0399. The van der Waals surface area contributed by atoms with Crippen LogP contribution in [-0.4, -0.2) is 49.2 Å². The summed E-state index contributed by atoms with van der Waals surface area (Å²) >= 11 is 0. The van der Waals surface area contributed by atoms with Gasteiger partial charge in [-0.05, 0) is 48.1 Å². The molecule has 1 aromatic carbocycles. The number of amides is 1. The van der Waals surface area contributed by atoms with Crippen molar-refractivity contribution in [2.75, 3.05) is 33.4 Å². The Kier molecular flexibility index (Phi) is 5.55. The highest BCUT2D eigenvalue weighted by Gasteiger charge is 2.40. The minimum Gasteiger partial charge on any atom is -0.375 e. The Morgan fingerprint density at radius 1 is 1.13 bits per heavy atom. The molecular formula is C22H23F3N2O3. The lowest BCUT2D eigenvalue weighted by Gasteiger charge is -2.40. The van der Waals surface area contributed by atoms with E-state index in [1.54, 1.807) is 12.0 Å². The Bertz CT molecular complexity index is 880. The van der Waals surface area contributed by atoms with Crippen LogP contribution in [0.25, 0.3) is 0 Å². The van der Waals surface area contributed by atoms with Crippen molar-refractivity contribution in [1.29, 1.82) is 0 Å². The van der Waals surface area contributed by atoms with Gasteiger partial charge < -0.3 is 14.4 Å². The standard InChI is InChI=1S/C22H23F3N2O3/c1-29-21(13-30-14-21)18-5-2-16(3-6-18)20(28)27-10-8-15(9-11-27)17-4-7-19(26-12-17)22(23,24)25/h2-7,12,15H,8-11,13-14H2,1H3. The van der Waals surface area contributed by atoms with E-state index in [0.717, 1.165) is 17.2 Å². The Morgan fingerprint density at radius 2 is 1.80 bits per heavy atom. The Balaban J connectivity index is 1.36. The molecule has 2 aliphatic rings. The summed E-state index contributed by atoms with van der Waals surface area (Å²) in [5, 5.41) is 0. The SMILES string of the molecule is COC1(c2ccc(C(=O)N3CCC(c4ccc(C(F)(F)F)nc4)CC3)cc2)COC1. The van der Waals surface area contributed by atoms with Crippen molar-refractivity contribution in [3.63, 3.8) is 0 Å². The Hall–Kier alpha value is -2.45. The van der Waals surface area contributed by atoms with E-state index in [1.807, 2.05) is 24.3 Å². The van der Waals surface area contributed by atoms with E-state index in [4.69, 9.17) is 9.47 Å². The monoisotopic (exact) mass is 420 g/mol. The average Bonchev–Trinajstić information content (AvgIpc) is 2.73. The molecule has 0 saturated carbocycles. The summed E-state index contributed by atoms with van der Waals surface area (Å²) in [7, 11) is 1.65. The fourth-order valence-corrected chi connectivity index (χ4v) is 4.02. The summed E-state index contributed by atoms with van der Waals surface area (Å²) in [5.74, 6) is 0.0632. The molecule has 0 atom stereocenters. The van der Waals surface area contributed by atoms with Gasteiger partial charge in [0.2, 0.25) is 0 Å². The van der Waals surface area contributed by atoms with Crippen LogP contribution in [0.2, 0.25) is 0 Å². The Labute approximate surface area is 172 Å². The van der Waals surface area contributed by atoms with Crippen molar-refractivity contribution in [3.8, 4) is 0 Å². The lowest BCUT2D eigenvalue weighted by Crippen LogP contribution is -2.48. The highest BCUT2D eigenvalue weighted by Crippen LogP contribution is 2.34. The molecule has 1 aromatic heterocycles. The number of carbonyl (C=O) groups excluding carboxylic acids is 1. The smallest absolute Gasteiger partial charge is 0.375 e. The van der Waals surface area contributed by atoms with Crippen LogP contribution in [0.5, 0.6) is 0 Å². The number of hydrogen-bond acceptors (Lipinski definition) is 4. The zero-order valence-corrected chi connectivity index (χ0v) is 16.6. The van der Waals surface area contributed by atoms with Crippen LogP contribution in [-0.2, 0) is 21.3 Å². The van der Waals surface area contributed by atoms with Gasteiger partial charge in [0, 0.05) is 32.0 Å². The third-order valence-electron chi connectivity index (χ3n) is 6.05. The van der Waals surface area contributed by atoms with Gasteiger partial charge in [-0.2, -0.15) is 13.2 Å². The van der Waals surface area contributed by atoms with Crippen molar-refractivity contribution < 1.29 is 27.4 Å². The number of piperidine rings is 1. The average molecular weight is 420 g/mol. The number of ether oxygens (including phenoxy) is 2. The van der Waals surface area contributed by atoms with Gasteiger partial charge >= 0.3 is 6.18 Å². The zero-order chi connectivity index (χ0) is 21.4. The number of carbonyl (C=O) groups is 1. The minimum atomic E-state index is -4.43. The maximum absolute atomic E-state index is 12.8. The molecule has 2 aliphatic heterocycles. The molecule has 5 nitrogen and oxygen atoms in total. The molecule has 0 bridgehead atoms. The van der Waals surface area contributed by atoms with Crippen molar-refractivity contribution in [2.24, 2.45) is 0 Å². The number of likely N-dealkylation sites (tertiary alicyclic amines) is 1. The van der Waals surface area contributed by atoms with Gasteiger partial charge in [-0.15, -0.1) is 0 Å². The summed E-state index contributed by atoms with van der Waals surface area (Å²) in [6.07, 6.45) is -1.74. The third kappa shape index (κ3) is 3.94. The van der Waals surface area contributed by atoms with Crippen LogP contribution in [0.1, 0.15) is 45.9 Å². The van der Waals surface area contributed by atoms with Crippen LogP contribution in [0.3, 0.4) is 0 Å². The summed E-state index contributed by atoms with van der Waals surface area (Å²) in [6, 6.07) is 9.94. The van der Waals surface area contributed by atoms with E-state index in [9.17, 15) is 18.0 Å². The molecule has 2 saturated heterocycles. The van der Waals surface area contributed by atoms with Crippen molar-refractivity contribution >= 4 is 5.91 Å². The Morgan fingerprint density at radius 3 is 2.27 bits per heavy atom. The van der Waals surface area contributed by atoms with Gasteiger partial charge in [0.1, 0.15) is 11.3 Å². The van der Waals surface area contributed by atoms with Crippen molar-refractivity contribution in [1.82, 2.24) is 9.88 Å². The highest BCUT2D eigenvalue weighted by atomic mass is 19.4. The number of halogens is 3. The quantitative estimate of drug-likeness (QED) is 0.751. The maximum Gasteiger partial charge on any atom is 0.433 e. The number of pyridine rings is 1. The molecule has 8 heteroatoms. The molecule has 30 heavy (non-hydrogen) atoms. The molecule has 0 radical (unpaired) electrons. The summed E-state index contributed by atoms with van der Waals surface area (Å²) in [6.45, 7) is 2.12. The first-order chi connectivity index (χ1) is 14.3. The van der Waals surface area contributed by atoms with Crippen LogP contribution in [0, 0.1) is 0 Å². The van der Waals surface area contributed by atoms with Gasteiger partial charge in [-0.3, -0.25) is 9.78 Å². The summed E-state index contributed by atoms with van der Waals surface area (Å²) in [4.78, 5) is 18.2. The van der Waals surface area contributed by atoms with Crippen LogP contribution < -0.4 is 0 Å². The van der Waals surface area contributed by atoms with Gasteiger partial charge in [-0.1, -0.05) is 18.2 Å². The van der Waals surface area contributed by atoms with Crippen molar-refractivity contribution in [3.05, 3.63) is 65.0 Å². The van der Waals surface area contributed by atoms with E-state index in [-0.39, 0.29) is 11.8 Å². The second-order valence-electron chi connectivity index (χ2n) is 7.81. The lowest BCUT2D eigenvalue weighted by atomic mass is 9.89. The van der Waals surface area contributed by atoms with E-state index < -0.39 is 17.5 Å². The van der Waals surface area contributed by atoms with Crippen LogP contribution in [0.4, 0.5) is 13.2 Å². The van der Waals surface area contributed by atoms with Crippen LogP contribution >= 0.6 is 0 Å². The normalized spacial score (nSPS) is 19.4. The number of alkyl halides is 3. The zero-order valence-electron chi connectivity index (χ0n) is 16.6. The maximum atomic E-state index is 12.8. The highest BCUT2D eigenvalue weighted by molar-refractivity contribution is 5.94. The summed E-state index contributed by atoms with van der Waals surface area (Å²) in [5.41, 5.74) is 1.08. The third-order valence-corrected chi connectivity index (χ3v) is 6.05. The predicted octanol–water partition coefficient (Wildman–Crippen LogP) is 3.99. The largest absolute Gasteiger partial charge is 0.433 e. The molecule has 0 unspecified atom stereocenters. The first kappa shape index (κ1) is 20.8. The second kappa shape index (κ2) is 8.00. The molecule has 2 fully saturated rings. The lowest BCUT2D eigenvalue weighted by molar-refractivity contribution is -0.202. The van der Waals surface area contributed by atoms with E-state index in [2.05, 4.69) is 4.98 Å². The summed E-state index contributed by atoms with van der Waals surface area (Å²) < 4.78 is 48.9. The molecular weight excluding hydrogens is 397 g/mol. The molecule has 1 amide bonds. The van der Waals surface area contributed by atoms with Gasteiger partial charge in [0.05, 0.1) is 13.2 Å². The van der Waals surface area contributed by atoms with E-state index in [0.29, 0.717) is 44.7 Å². The topological polar surface area (TPSA) is 51.7 Å². The second-order valence-corrected chi connectivity index (χ2v) is 7.81. The fourth-order valence-electron chi connectivity index (χ4n) is 4.02. The molecule has 160 valence electrons. The van der Waals surface area contributed by atoms with E-state index in [1.165, 1.54) is 12.3 Å². The van der Waals surface area contributed by atoms with Gasteiger partial charge in [-0.25, -0.2) is 0 Å². The number of nitrogens with zero attached hydrogens (tertiary/aromatic N) is 2. The van der Waals surface area contributed by atoms with Crippen LogP contribution in [0.15, 0.2) is 42.6 Å². The molecule has 4 rings (SSSR count). The molecule has 3 heterocycles. The molecule has 2 aromatic rings. The number of methoxy groups -OCH3 is 1. The molecule has 0 N–H and O–H groups in total. The molecule has 0 aliphatic carbocycles.